The van der Waals surface area contributed by atoms with Gasteiger partial charge in [-0.15, -0.1) is 0 Å². The molecule has 1 fully saturated rings. The van der Waals surface area contributed by atoms with E-state index >= 15 is 0 Å². The molecule has 0 spiro atoms. The molecular weight excluding hydrogens is 404 g/mol. The number of nitrogens with one attached hydrogen (secondary N) is 1. The number of rotatable bonds is 8. The van der Waals surface area contributed by atoms with Crippen LogP contribution in [-0.2, 0) is 19.1 Å². The summed E-state index contributed by atoms with van der Waals surface area (Å²) in [5, 5.41) is 2.63. The van der Waals surface area contributed by atoms with Gasteiger partial charge in [-0.05, 0) is 36.4 Å². The Hall–Kier alpha value is -3.75. The second-order valence-electron chi connectivity index (χ2n) is 6.83. The predicted octanol–water partition coefficient (Wildman–Crippen LogP) is 2.25. The molecule has 2 aromatic rings. The Bertz CT molecular complexity index is 959. The minimum Gasteiger partial charge on any atom is -0.497 e. The number of carbonyl (C=O) groups excluding carboxylic acids is 3. The number of methoxy groups -OCH3 is 3. The zero-order valence-corrected chi connectivity index (χ0v) is 17.5. The Balaban J connectivity index is 1.57. The number of ether oxygens (including phenoxy) is 4. The SMILES string of the molecule is COc1ccc(NC(=O)COC(=O)[C@@H]2CC(=O)N(c3cc(OC)ccc3OC)C2)cc1. The van der Waals surface area contributed by atoms with E-state index < -0.39 is 24.4 Å². The normalized spacial score (nSPS) is 15.4. The molecule has 9 heteroatoms. The van der Waals surface area contributed by atoms with Gasteiger partial charge in [0.2, 0.25) is 5.91 Å². The van der Waals surface area contributed by atoms with E-state index in [1.165, 1.54) is 19.1 Å². The van der Waals surface area contributed by atoms with Crippen LogP contribution in [0.2, 0.25) is 0 Å². The zero-order valence-electron chi connectivity index (χ0n) is 17.5. The third-order valence-corrected chi connectivity index (χ3v) is 4.85. The lowest BCUT2D eigenvalue weighted by Gasteiger charge is -2.20. The van der Waals surface area contributed by atoms with Crippen LogP contribution in [0.25, 0.3) is 0 Å². The molecule has 1 saturated heterocycles. The highest BCUT2D eigenvalue weighted by molar-refractivity contribution is 6.01. The van der Waals surface area contributed by atoms with E-state index in [9.17, 15) is 14.4 Å². The first-order valence-corrected chi connectivity index (χ1v) is 9.58. The van der Waals surface area contributed by atoms with Crippen molar-refractivity contribution in [2.24, 2.45) is 5.92 Å². The van der Waals surface area contributed by atoms with E-state index in [0.717, 1.165) is 0 Å². The first-order chi connectivity index (χ1) is 14.9. The van der Waals surface area contributed by atoms with E-state index in [4.69, 9.17) is 18.9 Å². The summed E-state index contributed by atoms with van der Waals surface area (Å²) in [6.07, 6.45) is -0.0146. The highest BCUT2D eigenvalue weighted by Gasteiger charge is 2.37. The van der Waals surface area contributed by atoms with Crippen molar-refractivity contribution in [2.45, 2.75) is 6.42 Å². The van der Waals surface area contributed by atoms with Gasteiger partial charge in [-0.25, -0.2) is 0 Å². The highest BCUT2D eigenvalue weighted by atomic mass is 16.5. The second kappa shape index (κ2) is 9.84. The lowest BCUT2D eigenvalue weighted by Crippen LogP contribution is -2.28. The fourth-order valence-corrected chi connectivity index (χ4v) is 3.23. The minimum absolute atomic E-state index is 0.0146. The van der Waals surface area contributed by atoms with Gasteiger partial charge in [0, 0.05) is 24.7 Å². The van der Waals surface area contributed by atoms with Crippen LogP contribution in [0.4, 0.5) is 11.4 Å². The standard InChI is InChI=1S/C22H24N2O7/c1-28-16-6-4-15(5-7-16)23-20(25)13-31-22(27)14-10-21(26)24(12-14)18-11-17(29-2)8-9-19(18)30-3/h4-9,11,14H,10,12-13H2,1-3H3,(H,23,25)/t14-/m1/s1. The predicted molar refractivity (Wildman–Crippen MR) is 113 cm³/mol. The summed E-state index contributed by atoms with van der Waals surface area (Å²) in [6, 6.07) is 11.8. The third-order valence-electron chi connectivity index (χ3n) is 4.85. The van der Waals surface area contributed by atoms with E-state index in [1.807, 2.05) is 0 Å². The fourth-order valence-electron chi connectivity index (χ4n) is 3.23. The maximum absolute atomic E-state index is 12.5. The van der Waals surface area contributed by atoms with E-state index in [2.05, 4.69) is 5.32 Å². The molecule has 2 amide bonds. The average Bonchev–Trinajstić information content (AvgIpc) is 3.19. The van der Waals surface area contributed by atoms with Crippen molar-refractivity contribution in [1.82, 2.24) is 0 Å². The van der Waals surface area contributed by atoms with E-state index in [0.29, 0.717) is 28.6 Å². The van der Waals surface area contributed by atoms with Gasteiger partial charge in [-0.1, -0.05) is 0 Å². The molecule has 164 valence electrons. The molecule has 1 N–H and O–H groups in total. The summed E-state index contributed by atoms with van der Waals surface area (Å²) in [7, 11) is 4.57. The topological polar surface area (TPSA) is 103 Å². The number of hydrogen-bond donors (Lipinski definition) is 1. The van der Waals surface area contributed by atoms with E-state index in [-0.39, 0.29) is 18.9 Å². The smallest absolute Gasteiger partial charge is 0.311 e. The van der Waals surface area contributed by atoms with Gasteiger partial charge in [0.15, 0.2) is 6.61 Å². The van der Waals surface area contributed by atoms with Crippen molar-refractivity contribution in [3.05, 3.63) is 42.5 Å². The summed E-state index contributed by atoms with van der Waals surface area (Å²) in [4.78, 5) is 38.5. The van der Waals surface area contributed by atoms with Crippen molar-refractivity contribution in [3.63, 3.8) is 0 Å². The first kappa shape index (κ1) is 21.9. The molecule has 1 aliphatic heterocycles. The highest BCUT2D eigenvalue weighted by Crippen LogP contribution is 2.36. The first-order valence-electron chi connectivity index (χ1n) is 9.58. The van der Waals surface area contributed by atoms with Crippen molar-refractivity contribution >= 4 is 29.2 Å². The lowest BCUT2D eigenvalue weighted by atomic mass is 10.1. The van der Waals surface area contributed by atoms with Crippen LogP contribution in [-0.4, -0.2) is 52.3 Å². The third kappa shape index (κ3) is 5.25. The molecule has 2 aromatic carbocycles. The van der Waals surface area contributed by atoms with Gasteiger partial charge < -0.3 is 29.2 Å². The molecule has 0 aromatic heterocycles. The Morgan fingerprint density at radius 2 is 1.68 bits per heavy atom. The summed E-state index contributed by atoms with van der Waals surface area (Å²) in [6.45, 7) is -0.320. The summed E-state index contributed by atoms with van der Waals surface area (Å²) in [5.41, 5.74) is 1.06. The van der Waals surface area contributed by atoms with Crippen LogP contribution in [0.5, 0.6) is 17.2 Å². The number of benzene rings is 2. The van der Waals surface area contributed by atoms with Crippen molar-refractivity contribution < 1.29 is 33.3 Å². The molecule has 1 aliphatic rings. The number of hydrogen-bond acceptors (Lipinski definition) is 7. The molecule has 1 atom stereocenters. The molecule has 0 unspecified atom stereocenters. The quantitative estimate of drug-likeness (QED) is 0.643. The largest absolute Gasteiger partial charge is 0.497 e. The Morgan fingerprint density at radius 3 is 2.32 bits per heavy atom. The van der Waals surface area contributed by atoms with E-state index in [1.54, 1.807) is 49.6 Å². The molecule has 0 saturated carbocycles. The Morgan fingerprint density at radius 1 is 1.00 bits per heavy atom. The molecular formula is C22H24N2O7. The van der Waals surface area contributed by atoms with Crippen molar-refractivity contribution in [1.29, 1.82) is 0 Å². The van der Waals surface area contributed by atoms with Gasteiger partial charge >= 0.3 is 5.97 Å². The van der Waals surface area contributed by atoms with Crippen LogP contribution in [0.3, 0.4) is 0 Å². The fraction of sp³-hybridized carbons (Fsp3) is 0.318. The number of amides is 2. The average molecular weight is 428 g/mol. The maximum atomic E-state index is 12.5. The number of esters is 1. The summed E-state index contributed by atoms with van der Waals surface area (Å²) in [5.74, 6) is -0.301. The number of anilines is 2. The number of carbonyl (C=O) groups is 3. The number of nitrogens with zero attached hydrogens (tertiary/aromatic N) is 1. The Kier molecular flexibility index (Phi) is 6.96. The van der Waals surface area contributed by atoms with Gasteiger partial charge in [-0.2, -0.15) is 0 Å². The molecule has 1 heterocycles. The molecule has 0 radical (unpaired) electrons. The van der Waals surface area contributed by atoms with Crippen molar-refractivity contribution in [3.8, 4) is 17.2 Å². The van der Waals surface area contributed by atoms with Crippen LogP contribution in [0.1, 0.15) is 6.42 Å². The monoisotopic (exact) mass is 428 g/mol. The molecule has 0 bridgehead atoms. The van der Waals surface area contributed by atoms with Gasteiger partial charge in [0.25, 0.3) is 5.91 Å². The van der Waals surface area contributed by atoms with Crippen LogP contribution >= 0.6 is 0 Å². The molecule has 3 rings (SSSR count). The summed E-state index contributed by atoms with van der Waals surface area (Å²) >= 11 is 0. The van der Waals surface area contributed by atoms with Gasteiger partial charge in [0.05, 0.1) is 32.9 Å². The minimum atomic E-state index is -0.683. The van der Waals surface area contributed by atoms with Crippen LogP contribution in [0.15, 0.2) is 42.5 Å². The van der Waals surface area contributed by atoms with Crippen LogP contribution < -0.4 is 24.4 Å². The van der Waals surface area contributed by atoms with Gasteiger partial charge in [-0.3, -0.25) is 14.4 Å². The molecule has 0 aliphatic carbocycles. The molecule has 31 heavy (non-hydrogen) atoms. The van der Waals surface area contributed by atoms with Gasteiger partial charge in [0.1, 0.15) is 17.2 Å². The molecule has 9 nitrogen and oxygen atoms in total. The van der Waals surface area contributed by atoms with Crippen molar-refractivity contribution in [2.75, 3.05) is 44.7 Å². The summed E-state index contributed by atoms with van der Waals surface area (Å²) < 4.78 is 20.7. The van der Waals surface area contributed by atoms with Crippen LogP contribution in [0, 0.1) is 5.92 Å². The second-order valence-corrected chi connectivity index (χ2v) is 6.83. The maximum Gasteiger partial charge on any atom is 0.311 e. The Labute approximate surface area is 179 Å². The lowest BCUT2D eigenvalue weighted by molar-refractivity contribution is -0.151. The zero-order chi connectivity index (χ0) is 22.4.